The van der Waals surface area contributed by atoms with Crippen LogP contribution in [0.3, 0.4) is 0 Å². The highest BCUT2D eigenvalue weighted by Crippen LogP contribution is 2.76. The van der Waals surface area contributed by atoms with Gasteiger partial charge in [-0.15, -0.1) is 0 Å². The molecule has 9 aliphatic heterocycles. The maximum atomic E-state index is 16.5. The molecule has 1 amide bonds. The predicted octanol–water partition coefficient (Wildman–Crippen LogP) is -10.3. The molecule has 45 unspecified atom stereocenters. The summed E-state index contributed by atoms with van der Waals surface area (Å²) in [6.45, 7) is 13.0. The summed E-state index contributed by atoms with van der Waals surface area (Å²) in [5.41, 5.74) is -7.50. The molecule has 14 aliphatic rings. The van der Waals surface area contributed by atoms with Gasteiger partial charge in [-0.3, -0.25) is 14.4 Å². The minimum absolute atomic E-state index is 0.00645. The molecule has 13 fully saturated rings. The van der Waals surface area contributed by atoms with Crippen molar-refractivity contribution in [1.82, 2.24) is 5.32 Å². The fourth-order valence-corrected chi connectivity index (χ4v) is 23.8. The Hall–Kier alpha value is -3.82. The molecule has 52 atom stereocenters. The van der Waals surface area contributed by atoms with Crippen LogP contribution in [-0.4, -0.2) is 469 Å². The van der Waals surface area contributed by atoms with Crippen molar-refractivity contribution in [2.75, 3.05) is 46.2 Å². The second-order valence-corrected chi connectivity index (χ2v) is 41.3. The highest BCUT2D eigenvalue weighted by atomic mass is 16.8. The van der Waals surface area contributed by atoms with Gasteiger partial charge in [0.1, 0.15) is 177 Å². The van der Waals surface area contributed by atoms with E-state index in [1.54, 1.807) is 6.92 Å². The third-order valence-corrected chi connectivity index (χ3v) is 32.0. The number of fused-ring (bicyclic) bond motifs is 7. The zero-order chi connectivity index (χ0) is 98.8. The van der Waals surface area contributed by atoms with Crippen LogP contribution in [0.1, 0.15) is 134 Å². The Balaban J connectivity index is 0.753. The summed E-state index contributed by atoms with van der Waals surface area (Å²) in [6.07, 6.45) is -77.3. The van der Waals surface area contributed by atoms with Crippen LogP contribution in [-0.2, 0) is 109 Å². The molecule has 774 valence electrons. The summed E-state index contributed by atoms with van der Waals surface area (Å²) < 4.78 is 116. The smallest absolute Gasteiger partial charge is 0.317 e. The molecule has 9 heterocycles. The van der Waals surface area contributed by atoms with E-state index in [0.29, 0.717) is 19.3 Å². The summed E-state index contributed by atoms with van der Waals surface area (Å²) in [6, 6.07) is 0. The number of ether oxygens (including phenoxy) is 19. The average molecular weight is 1950 g/mol. The van der Waals surface area contributed by atoms with Crippen molar-refractivity contribution in [3.8, 4) is 0 Å². The molecular weight excluding hydrogens is 1810 g/mol. The number of nitrogens with one attached hydrogen (secondary N) is 1. The van der Waals surface area contributed by atoms with Gasteiger partial charge < -0.3 is 223 Å². The summed E-state index contributed by atoms with van der Waals surface area (Å²) in [7, 11) is 0. The number of rotatable bonds is 26. The van der Waals surface area contributed by atoms with Crippen LogP contribution in [0.5, 0.6) is 0 Å². The summed E-state index contributed by atoms with van der Waals surface area (Å²) in [4.78, 5) is 58.3. The summed E-state index contributed by atoms with van der Waals surface area (Å²) >= 11 is 0. The van der Waals surface area contributed by atoms with E-state index in [-0.39, 0.29) is 44.4 Å². The number of hydrogen-bond donors (Lipinski definition) is 25. The molecule has 14 rings (SSSR count). The minimum atomic E-state index is -2.26. The van der Waals surface area contributed by atoms with Crippen LogP contribution < -0.4 is 5.32 Å². The number of aliphatic hydroxyl groups excluding tert-OH is 24. The molecule has 0 aromatic rings. The molecule has 5 aliphatic carbocycles. The SMILES string of the molecule is CC(=O)OC1C(C)OC(OC2C(C)OC(OC(=O)[C@]34CCC(C)(C)CC3C3=CCC5[C@@]6(C)CC[C@H](OC7OC(C(=O)NC(C)(CO)CO)C(O)C(OC8OCC(O)C(O)C8O)C7OC7OC(CO)C(O)C(O)C7O)[C@@](C)(C=O)C6CC[C@@]5(C)[C@]3(C)C[C@H]4O)C(OC3OC(C)C(OC4OCC(O)C(OC5OC(CO)C(O)C(O)C5O)C4O)C(O)C3O)C2O)C(O)C1OC1OCC(O)C(O)C1O. The standard InChI is InChI=1S/C87H139NO47/c1-30-61(127-73-59(113)64(38(97)26-119-73)129-75-54(108)49(103)47(101)39(22-89)124-75)51(105)56(110)74(120-30)133-68-57(111)62(128-77-60(114)66(63(32(3)121-77)123-33(4)94)131-72-53(107)46(100)37(96)25-118-72)31(2)122-78(68)135-80(116)87-19-18-81(5,6)20-35(87)34-12-13-42-83(8)16-15-44(84(9,29-93)41(83)14-17-85(42,10)86(34,11)21-43(87)98)126-79-69(134-76-55(109)50(104)48(102)40(23-90)125-76)65(130-71-52(106)45(99)36(95)24-117-71)58(112)67(132-79)70(115)88-82(7,27-91)28-92/h12,29-32,35-69,71-79,89-92,95-114H,13-28H2,1-11H3,(H,88,115)/t30?,31?,32?,35?,36?,37?,38?,39?,40?,41?,42?,43-,44+,45?,46?,47?,48?,49?,50?,51?,52?,53?,54?,55?,56?,57?,58?,59?,60?,61?,62?,63?,64?,65?,66?,67?,68?,69?,71?,72?,73?,74?,75?,76?,77?,78?,79?,83+,84+,85-,86-,87-/m1/s1. The quantitative estimate of drug-likeness (QED) is 0.0165. The third-order valence-electron chi connectivity index (χ3n) is 32.0. The lowest BCUT2D eigenvalue weighted by Gasteiger charge is -2.71. The van der Waals surface area contributed by atoms with Crippen LogP contribution in [0.4, 0.5) is 0 Å². The molecular formula is C87H139NO47. The fourth-order valence-electron chi connectivity index (χ4n) is 23.8. The Bertz CT molecular complexity index is 4050. The van der Waals surface area contributed by atoms with Crippen molar-refractivity contribution < 1.29 is 232 Å². The monoisotopic (exact) mass is 1950 g/mol. The lowest BCUT2D eigenvalue weighted by atomic mass is 9.33. The summed E-state index contributed by atoms with van der Waals surface area (Å²) in [5, 5.41) is 271. The number of aliphatic hydroxyl groups is 24. The number of carbonyl (C=O) groups excluding carboxylic acids is 4. The van der Waals surface area contributed by atoms with E-state index in [0.717, 1.165) is 18.8 Å². The van der Waals surface area contributed by atoms with E-state index in [1.165, 1.54) is 27.7 Å². The Morgan fingerprint density at radius 1 is 0.437 bits per heavy atom. The van der Waals surface area contributed by atoms with Gasteiger partial charge in [-0.2, -0.15) is 0 Å². The number of carbonyl (C=O) groups is 4. The number of hydrogen-bond acceptors (Lipinski definition) is 47. The van der Waals surface area contributed by atoms with E-state index < -0.39 is 384 Å². The van der Waals surface area contributed by atoms with Crippen molar-refractivity contribution in [2.45, 2.75) is 410 Å². The van der Waals surface area contributed by atoms with Gasteiger partial charge in [0.2, 0.25) is 6.29 Å². The van der Waals surface area contributed by atoms with Gasteiger partial charge in [0, 0.05) is 6.92 Å². The highest BCUT2D eigenvalue weighted by molar-refractivity contribution is 5.82. The molecule has 4 saturated carbocycles. The molecule has 9 saturated heterocycles. The third kappa shape index (κ3) is 19.6. The average Bonchev–Trinajstić information content (AvgIpc) is 0.667. The van der Waals surface area contributed by atoms with Crippen molar-refractivity contribution >= 4 is 24.1 Å². The first-order valence-electron chi connectivity index (χ1n) is 46.3. The van der Waals surface area contributed by atoms with Gasteiger partial charge >= 0.3 is 11.9 Å². The summed E-state index contributed by atoms with van der Waals surface area (Å²) in [5.74, 6) is -4.89. The van der Waals surface area contributed by atoms with E-state index in [2.05, 4.69) is 25.2 Å². The normalized spacial score (nSPS) is 52.4. The number of allylic oxidation sites excluding steroid dienone is 2. The van der Waals surface area contributed by atoms with Gasteiger partial charge in [0.05, 0.1) is 87.7 Å². The van der Waals surface area contributed by atoms with Gasteiger partial charge in [0.15, 0.2) is 68.6 Å². The van der Waals surface area contributed by atoms with Crippen LogP contribution in [0, 0.1) is 50.2 Å². The topological polar surface area (TPSA) is 741 Å². The van der Waals surface area contributed by atoms with Crippen LogP contribution in [0.15, 0.2) is 11.6 Å². The zero-order valence-corrected chi connectivity index (χ0v) is 76.7. The Labute approximate surface area is 776 Å². The molecule has 0 aromatic heterocycles. The lowest BCUT2D eigenvalue weighted by Crippen LogP contribution is -2.70. The second-order valence-electron chi connectivity index (χ2n) is 41.3. The molecule has 0 bridgehead atoms. The minimum Gasteiger partial charge on any atom is -0.457 e. The zero-order valence-electron chi connectivity index (χ0n) is 76.7. The first-order valence-corrected chi connectivity index (χ1v) is 46.3. The predicted molar refractivity (Wildman–Crippen MR) is 439 cm³/mol. The van der Waals surface area contributed by atoms with Crippen molar-refractivity contribution in [3.05, 3.63) is 11.6 Å². The maximum Gasteiger partial charge on any atom is 0.317 e. The van der Waals surface area contributed by atoms with Gasteiger partial charge in [0.25, 0.3) is 5.91 Å². The largest absolute Gasteiger partial charge is 0.457 e. The second kappa shape index (κ2) is 41.4. The lowest BCUT2D eigenvalue weighted by molar-refractivity contribution is -0.392. The van der Waals surface area contributed by atoms with Crippen LogP contribution >= 0.6 is 0 Å². The highest BCUT2D eigenvalue weighted by Gasteiger charge is 2.74. The van der Waals surface area contributed by atoms with Crippen molar-refractivity contribution in [1.29, 1.82) is 0 Å². The first kappa shape index (κ1) is 107. The van der Waals surface area contributed by atoms with Gasteiger partial charge in [-0.25, -0.2) is 0 Å². The van der Waals surface area contributed by atoms with Crippen LogP contribution in [0.2, 0.25) is 0 Å². The Kier molecular flexibility index (Phi) is 32.8. The van der Waals surface area contributed by atoms with E-state index in [9.17, 15) is 137 Å². The van der Waals surface area contributed by atoms with E-state index >= 15 is 4.79 Å². The maximum absolute atomic E-state index is 16.5. The molecule has 25 N–H and O–H groups in total. The van der Waals surface area contributed by atoms with Crippen molar-refractivity contribution in [2.24, 2.45) is 50.2 Å². The molecule has 48 nitrogen and oxygen atoms in total. The number of esters is 2. The van der Waals surface area contributed by atoms with Crippen LogP contribution in [0.25, 0.3) is 0 Å². The molecule has 0 spiro atoms. The molecule has 0 aromatic carbocycles. The van der Waals surface area contributed by atoms with Gasteiger partial charge in [-0.1, -0.05) is 53.2 Å². The first-order chi connectivity index (χ1) is 63.4. The fraction of sp³-hybridized carbons (Fsp3) is 0.931. The Morgan fingerprint density at radius 2 is 0.896 bits per heavy atom. The number of aldehydes is 1. The molecule has 0 radical (unpaired) electrons. The van der Waals surface area contributed by atoms with Gasteiger partial charge in [-0.05, 0) is 125 Å². The van der Waals surface area contributed by atoms with Crippen molar-refractivity contribution in [3.63, 3.8) is 0 Å². The van der Waals surface area contributed by atoms with E-state index in [4.69, 9.17) is 90.0 Å². The Morgan fingerprint density at radius 3 is 1.44 bits per heavy atom. The molecule has 135 heavy (non-hydrogen) atoms. The molecule has 48 heteroatoms. The number of amides is 1. The van der Waals surface area contributed by atoms with E-state index in [1.807, 2.05) is 20.8 Å².